The first kappa shape index (κ1) is 15.7. The van der Waals surface area contributed by atoms with E-state index in [1.807, 2.05) is 0 Å². The lowest BCUT2D eigenvalue weighted by Gasteiger charge is -2.06. The molecule has 0 aliphatic rings. The van der Waals surface area contributed by atoms with Crippen LogP contribution in [0.2, 0.25) is 0 Å². The van der Waals surface area contributed by atoms with Gasteiger partial charge in [0.15, 0.2) is 0 Å². The molecule has 1 amide bonds. The quantitative estimate of drug-likeness (QED) is 0.582. The molecule has 4 heteroatoms. The summed E-state index contributed by atoms with van der Waals surface area (Å²) in [7, 11) is 0. The molecule has 0 saturated heterocycles. The van der Waals surface area contributed by atoms with E-state index >= 15 is 0 Å². The average Bonchev–Trinajstić information content (AvgIpc) is 2.41. The Morgan fingerprint density at radius 1 is 1.16 bits per heavy atom. The Kier molecular flexibility index (Phi) is 7.86. The number of hydrogen-bond donors (Lipinski definition) is 3. The van der Waals surface area contributed by atoms with Crippen LogP contribution in [0.3, 0.4) is 0 Å². The van der Waals surface area contributed by atoms with E-state index in [2.05, 4.69) is 41.8 Å². The minimum atomic E-state index is 0.127. The number of rotatable bonds is 9. The number of benzene rings is 1. The van der Waals surface area contributed by atoms with Crippen molar-refractivity contribution in [1.82, 2.24) is 10.6 Å². The Bertz CT molecular complexity index is 362. The molecule has 0 radical (unpaired) electrons. The van der Waals surface area contributed by atoms with Crippen LogP contribution in [0.4, 0.5) is 0 Å². The molecule has 106 valence electrons. The Balaban J connectivity index is 2.05. The van der Waals surface area contributed by atoms with Gasteiger partial charge in [-0.25, -0.2) is 0 Å². The fourth-order valence-electron chi connectivity index (χ4n) is 1.81. The Morgan fingerprint density at radius 2 is 1.89 bits per heavy atom. The summed E-state index contributed by atoms with van der Waals surface area (Å²) < 4.78 is 0. The molecule has 4 N–H and O–H groups in total. The van der Waals surface area contributed by atoms with Gasteiger partial charge in [0.1, 0.15) is 0 Å². The zero-order valence-corrected chi connectivity index (χ0v) is 11.7. The molecule has 1 aromatic carbocycles. The SMILES string of the molecule is Cc1ccc(CCCC(=O)NCCNCCN)cc1. The summed E-state index contributed by atoms with van der Waals surface area (Å²) in [6.07, 6.45) is 2.44. The molecule has 0 saturated carbocycles. The summed E-state index contributed by atoms with van der Waals surface area (Å²) in [5.41, 5.74) is 7.92. The van der Waals surface area contributed by atoms with Gasteiger partial charge in [0.2, 0.25) is 5.91 Å². The second-order valence-electron chi connectivity index (χ2n) is 4.73. The Labute approximate surface area is 115 Å². The van der Waals surface area contributed by atoms with Gasteiger partial charge in [0, 0.05) is 32.6 Å². The number of amides is 1. The fourth-order valence-corrected chi connectivity index (χ4v) is 1.81. The number of hydrogen-bond acceptors (Lipinski definition) is 3. The zero-order chi connectivity index (χ0) is 13.9. The lowest BCUT2D eigenvalue weighted by Crippen LogP contribution is -2.33. The maximum atomic E-state index is 11.6. The van der Waals surface area contributed by atoms with Crippen molar-refractivity contribution in [3.63, 3.8) is 0 Å². The minimum Gasteiger partial charge on any atom is -0.355 e. The highest BCUT2D eigenvalue weighted by Crippen LogP contribution is 2.06. The van der Waals surface area contributed by atoms with Crippen LogP contribution >= 0.6 is 0 Å². The van der Waals surface area contributed by atoms with Gasteiger partial charge < -0.3 is 16.4 Å². The summed E-state index contributed by atoms with van der Waals surface area (Å²) >= 11 is 0. The molecule has 0 spiro atoms. The van der Waals surface area contributed by atoms with Crippen molar-refractivity contribution in [2.75, 3.05) is 26.2 Å². The fraction of sp³-hybridized carbons (Fsp3) is 0.533. The lowest BCUT2D eigenvalue weighted by molar-refractivity contribution is -0.121. The van der Waals surface area contributed by atoms with E-state index in [-0.39, 0.29) is 5.91 Å². The van der Waals surface area contributed by atoms with Crippen LogP contribution in [0.5, 0.6) is 0 Å². The van der Waals surface area contributed by atoms with Gasteiger partial charge >= 0.3 is 0 Å². The first-order chi connectivity index (χ1) is 9.22. The van der Waals surface area contributed by atoms with E-state index in [0.29, 0.717) is 19.5 Å². The molecule has 0 aliphatic carbocycles. The van der Waals surface area contributed by atoms with Crippen molar-refractivity contribution in [3.05, 3.63) is 35.4 Å². The molecule has 0 bridgehead atoms. The van der Waals surface area contributed by atoms with Crippen LogP contribution < -0.4 is 16.4 Å². The lowest BCUT2D eigenvalue weighted by atomic mass is 10.1. The van der Waals surface area contributed by atoms with Gasteiger partial charge in [-0.1, -0.05) is 29.8 Å². The number of aryl methyl sites for hydroxylation is 2. The van der Waals surface area contributed by atoms with Crippen molar-refractivity contribution < 1.29 is 4.79 Å². The molecule has 0 heterocycles. The number of nitrogens with one attached hydrogen (secondary N) is 2. The maximum absolute atomic E-state index is 11.6. The number of nitrogens with two attached hydrogens (primary N) is 1. The third kappa shape index (κ3) is 7.59. The van der Waals surface area contributed by atoms with Gasteiger partial charge in [0.05, 0.1) is 0 Å². The molecule has 0 aromatic heterocycles. The van der Waals surface area contributed by atoms with Crippen molar-refractivity contribution in [2.24, 2.45) is 5.73 Å². The monoisotopic (exact) mass is 263 g/mol. The summed E-state index contributed by atoms with van der Waals surface area (Å²) in [6, 6.07) is 8.48. The van der Waals surface area contributed by atoms with Crippen LogP contribution in [-0.2, 0) is 11.2 Å². The highest BCUT2D eigenvalue weighted by molar-refractivity contribution is 5.75. The normalized spacial score (nSPS) is 10.4. The van der Waals surface area contributed by atoms with Gasteiger partial charge in [-0.15, -0.1) is 0 Å². The minimum absolute atomic E-state index is 0.127. The van der Waals surface area contributed by atoms with Crippen LogP contribution in [-0.4, -0.2) is 32.1 Å². The zero-order valence-electron chi connectivity index (χ0n) is 11.7. The van der Waals surface area contributed by atoms with Gasteiger partial charge in [-0.05, 0) is 25.3 Å². The molecular weight excluding hydrogens is 238 g/mol. The highest BCUT2D eigenvalue weighted by Gasteiger charge is 2.00. The topological polar surface area (TPSA) is 67.2 Å². The molecule has 0 fully saturated rings. The summed E-state index contributed by atoms with van der Waals surface area (Å²) in [6.45, 7) is 4.95. The molecule has 0 aliphatic heterocycles. The second kappa shape index (κ2) is 9.53. The molecule has 1 rings (SSSR count). The average molecular weight is 263 g/mol. The van der Waals surface area contributed by atoms with E-state index in [0.717, 1.165) is 25.9 Å². The van der Waals surface area contributed by atoms with Crippen molar-refractivity contribution in [2.45, 2.75) is 26.2 Å². The van der Waals surface area contributed by atoms with Gasteiger partial charge in [0.25, 0.3) is 0 Å². The molecule has 0 atom stereocenters. The van der Waals surface area contributed by atoms with E-state index in [1.165, 1.54) is 11.1 Å². The third-order valence-corrected chi connectivity index (χ3v) is 2.93. The van der Waals surface area contributed by atoms with Crippen LogP contribution in [0.15, 0.2) is 24.3 Å². The van der Waals surface area contributed by atoms with E-state index < -0.39 is 0 Å². The smallest absolute Gasteiger partial charge is 0.220 e. The van der Waals surface area contributed by atoms with E-state index in [9.17, 15) is 4.79 Å². The van der Waals surface area contributed by atoms with Crippen molar-refractivity contribution >= 4 is 5.91 Å². The summed E-state index contributed by atoms with van der Waals surface area (Å²) in [5.74, 6) is 0.127. The predicted octanol–water partition coefficient (Wildman–Crippen LogP) is 0.982. The summed E-state index contributed by atoms with van der Waals surface area (Å²) in [4.78, 5) is 11.6. The largest absolute Gasteiger partial charge is 0.355 e. The maximum Gasteiger partial charge on any atom is 0.220 e. The molecule has 19 heavy (non-hydrogen) atoms. The third-order valence-electron chi connectivity index (χ3n) is 2.93. The number of carbonyl (C=O) groups excluding carboxylic acids is 1. The Hall–Kier alpha value is -1.39. The second-order valence-corrected chi connectivity index (χ2v) is 4.73. The van der Waals surface area contributed by atoms with Crippen molar-refractivity contribution in [1.29, 1.82) is 0 Å². The molecular formula is C15H25N3O. The number of carbonyl (C=O) groups is 1. The highest BCUT2D eigenvalue weighted by atomic mass is 16.1. The molecule has 1 aromatic rings. The predicted molar refractivity (Wildman–Crippen MR) is 79.1 cm³/mol. The Morgan fingerprint density at radius 3 is 2.58 bits per heavy atom. The standard InChI is InChI=1S/C15H25N3O/c1-13-5-7-14(8-6-13)3-2-4-15(19)18-12-11-17-10-9-16/h5-8,17H,2-4,9-12,16H2,1H3,(H,18,19). The first-order valence-corrected chi connectivity index (χ1v) is 6.95. The summed E-state index contributed by atoms with van der Waals surface area (Å²) in [5, 5.41) is 6.03. The first-order valence-electron chi connectivity index (χ1n) is 6.95. The van der Waals surface area contributed by atoms with Gasteiger partial charge in [-0.3, -0.25) is 4.79 Å². The van der Waals surface area contributed by atoms with E-state index in [1.54, 1.807) is 0 Å². The van der Waals surface area contributed by atoms with Crippen LogP contribution in [0, 0.1) is 6.92 Å². The van der Waals surface area contributed by atoms with Crippen LogP contribution in [0.25, 0.3) is 0 Å². The molecule has 4 nitrogen and oxygen atoms in total. The van der Waals surface area contributed by atoms with E-state index in [4.69, 9.17) is 5.73 Å². The molecule has 0 unspecified atom stereocenters. The van der Waals surface area contributed by atoms with Gasteiger partial charge in [-0.2, -0.15) is 0 Å². The van der Waals surface area contributed by atoms with Crippen molar-refractivity contribution in [3.8, 4) is 0 Å². The van der Waals surface area contributed by atoms with Crippen LogP contribution in [0.1, 0.15) is 24.0 Å².